The van der Waals surface area contributed by atoms with E-state index in [0.717, 1.165) is 19.5 Å². The molecule has 15 heavy (non-hydrogen) atoms. The van der Waals surface area contributed by atoms with Crippen LogP contribution in [0, 0.1) is 17.8 Å². The van der Waals surface area contributed by atoms with Crippen LogP contribution in [0.5, 0.6) is 0 Å². The van der Waals surface area contributed by atoms with Gasteiger partial charge in [-0.05, 0) is 38.0 Å². The fourth-order valence-electron chi connectivity index (χ4n) is 2.50. The first-order valence-electron chi connectivity index (χ1n) is 6.14. The molecular weight excluding hydrogens is 188 g/mol. The Bertz CT molecular complexity index is 248. The summed E-state index contributed by atoms with van der Waals surface area (Å²) in [5, 5.41) is 0. The zero-order valence-corrected chi connectivity index (χ0v) is 9.78. The molecule has 0 radical (unpaired) electrons. The van der Waals surface area contributed by atoms with Gasteiger partial charge in [0.15, 0.2) is 0 Å². The lowest BCUT2D eigenvalue weighted by Gasteiger charge is -2.21. The van der Waals surface area contributed by atoms with Crippen LogP contribution in [0.3, 0.4) is 0 Å². The summed E-state index contributed by atoms with van der Waals surface area (Å²) in [4.78, 5) is 14.1. The van der Waals surface area contributed by atoms with Crippen LogP contribution in [-0.2, 0) is 4.79 Å². The second-order valence-corrected chi connectivity index (χ2v) is 5.32. The van der Waals surface area contributed by atoms with Crippen molar-refractivity contribution in [3.63, 3.8) is 0 Å². The van der Waals surface area contributed by atoms with E-state index in [1.165, 1.54) is 12.8 Å². The Morgan fingerprint density at radius 2 is 1.93 bits per heavy atom. The van der Waals surface area contributed by atoms with E-state index in [0.29, 0.717) is 17.7 Å². The molecule has 3 atom stereocenters. The van der Waals surface area contributed by atoms with Crippen LogP contribution in [0.4, 0.5) is 0 Å². The number of nitrogens with zero attached hydrogens (tertiary/aromatic N) is 1. The van der Waals surface area contributed by atoms with Crippen molar-refractivity contribution in [3.8, 4) is 0 Å². The molecule has 2 fully saturated rings. The molecule has 0 bridgehead atoms. The summed E-state index contributed by atoms with van der Waals surface area (Å²) < 4.78 is 0. The van der Waals surface area contributed by atoms with E-state index in [-0.39, 0.29) is 12.0 Å². The van der Waals surface area contributed by atoms with Gasteiger partial charge in [0.1, 0.15) is 0 Å². The van der Waals surface area contributed by atoms with E-state index in [1.807, 2.05) is 11.8 Å². The van der Waals surface area contributed by atoms with Gasteiger partial charge in [-0.25, -0.2) is 0 Å². The van der Waals surface area contributed by atoms with E-state index >= 15 is 0 Å². The molecule has 2 N–H and O–H groups in total. The van der Waals surface area contributed by atoms with Crippen LogP contribution in [0.1, 0.15) is 33.1 Å². The number of hydrogen-bond acceptors (Lipinski definition) is 2. The molecule has 1 saturated carbocycles. The van der Waals surface area contributed by atoms with Gasteiger partial charge >= 0.3 is 0 Å². The molecule has 1 aliphatic carbocycles. The molecule has 0 aromatic heterocycles. The van der Waals surface area contributed by atoms with E-state index in [4.69, 9.17) is 5.73 Å². The fourth-order valence-corrected chi connectivity index (χ4v) is 2.50. The Balaban J connectivity index is 1.86. The van der Waals surface area contributed by atoms with Gasteiger partial charge in [0, 0.05) is 25.0 Å². The standard InChI is InChI=1S/C12H22N2O/c1-8(10-3-4-10)12(15)14-6-5-11(7-14)9(2)13/h8-11H,3-7,13H2,1-2H3. The van der Waals surface area contributed by atoms with Gasteiger partial charge in [-0.3, -0.25) is 4.79 Å². The maximum absolute atomic E-state index is 12.1. The van der Waals surface area contributed by atoms with Crippen LogP contribution in [0.2, 0.25) is 0 Å². The molecule has 0 aromatic carbocycles. The first-order valence-corrected chi connectivity index (χ1v) is 6.14. The molecule has 3 heteroatoms. The topological polar surface area (TPSA) is 46.3 Å². The number of carbonyl (C=O) groups is 1. The Morgan fingerprint density at radius 3 is 2.40 bits per heavy atom. The van der Waals surface area contributed by atoms with Crippen molar-refractivity contribution >= 4 is 5.91 Å². The highest BCUT2D eigenvalue weighted by Gasteiger charge is 2.37. The van der Waals surface area contributed by atoms with Gasteiger partial charge in [-0.2, -0.15) is 0 Å². The third-order valence-electron chi connectivity index (χ3n) is 4.00. The molecular formula is C12H22N2O. The van der Waals surface area contributed by atoms with Gasteiger partial charge in [0.2, 0.25) is 5.91 Å². The Morgan fingerprint density at radius 1 is 1.27 bits per heavy atom. The van der Waals surface area contributed by atoms with E-state index < -0.39 is 0 Å². The maximum Gasteiger partial charge on any atom is 0.225 e. The zero-order valence-electron chi connectivity index (χ0n) is 9.78. The van der Waals surface area contributed by atoms with Crippen LogP contribution >= 0.6 is 0 Å². The van der Waals surface area contributed by atoms with Gasteiger partial charge < -0.3 is 10.6 Å². The van der Waals surface area contributed by atoms with E-state index in [9.17, 15) is 4.79 Å². The number of carbonyl (C=O) groups excluding carboxylic acids is 1. The van der Waals surface area contributed by atoms with Crippen LogP contribution < -0.4 is 5.73 Å². The Hall–Kier alpha value is -0.570. The minimum Gasteiger partial charge on any atom is -0.342 e. The van der Waals surface area contributed by atoms with Gasteiger partial charge in [-0.1, -0.05) is 6.92 Å². The lowest BCUT2D eigenvalue weighted by atomic mass is 10.0. The number of amides is 1. The van der Waals surface area contributed by atoms with Gasteiger partial charge in [0.05, 0.1) is 0 Å². The van der Waals surface area contributed by atoms with Crippen molar-refractivity contribution in [3.05, 3.63) is 0 Å². The average Bonchev–Trinajstić information content (AvgIpc) is 2.93. The van der Waals surface area contributed by atoms with Gasteiger partial charge in [-0.15, -0.1) is 0 Å². The molecule has 1 heterocycles. The molecule has 1 aliphatic heterocycles. The molecule has 86 valence electrons. The Kier molecular flexibility index (Phi) is 3.01. The predicted molar refractivity (Wildman–Crippen MR) is 60.2 cm³/mol. The highest BCUT2D eigenvalue weighted by Crippen LogP contribution is 2.38. The molecule has 3 unspecified atom stereocenters. The van der Waals surface area contributed by atoms with Crippen LogP contribution in [-0.4, -0.2) is 29.9 Å². The lowest BCUT2D eigenvalue weighted by molar-refractivity contribution is -0.134. The quantitative estimate of drug-likeness (QED) is 0.761. The first-order chi connectivity index (χ1) is 7.09. The molecule has 1 saturated heterocycles. The number of likely N-dealkylation sites (tertiary alicyclic amines) is 1. The molecule has 1 amide bonds. The maximum atomic E-state index is 12.1. The number of nitrogens with two attached hydrogens (primary N) is 1. The smallest absolute Gasteiger partial charge is 0.225 e. The summed E-state index contributed by atoms with van der Waals surface area (Å²) >= 11 is 0. The zero-order chi connectivity index (χ0) is 11.0. The second kappa shape index (κ2) is 4.12. The van der Waals surface area contributed by atoms with E-state index in [1.54, 1.807) is 0 Å². The SMILES string of the molecule is CC(N)C1CCN(C(=O)C(C)C2CC2)C1. The summed E-state index contributed by atoms with van der Waals surface area (Å²) in [5.74, 6) is 1.80. The third kappa shape index (κ3) is 2.33. The molecule has 2 aliphatic rings. The largest absolute Gasteiger partial charge is 0.342 e. The summed E-state index contributed by atoms with van der Waals surface area (Å²) in [6.07, 6.45) is 3.58. The molecule has 0 aromatic rings. The molecule has 0 spiro atoms. The van der Waals surface area contributed by atoms with Crippen molar-refractivity contribution in [1.29, 1.82) is 0 Å². The van der Waals surface area contributed by atoms with Crippen molar-refractivity contribution in [2.45, 2.75) is 39.2 Å². The molecule has 3 nitrogen and oxygen atoms in total. The van der Waals surface area contributed by atoms with Gasteiger partial charge in [0.25, 0.3) is 0 Å². The monoisotopic (exact) mass is 210 g/mol. The predicted octanol–water partition coefficient (Wildman–Crippen LogP) is 1.23. The number of rotatable bonds is 3. The minimum atomic E-state index is 0.221. The normalized spacial score (nSPS) is 30.3. The first kappa shape index (κ1) is 10.9. The second-order valence-electron chi connectivity index (χ2n) is 5.32. The summed E-state index contributed by atoms with van der Waals surface area (Å²) in [6, 6.07) is 0.221. The number of hydrogen-bond donors (Lipinski definition) is 1. The lowest BCUT2D eigenvalue weighted by Crippen LogP contribution is -2.36. The minimum absolute atomic E-state index is 0.221. The van der Waals surface area contributed by atoms with E-state index in [2.05, 4.69) is 6.92 Å². The van der Waals surface area contributed by atoms with Crippen LogP contribution in [0.15, 0.2) is 0 Å². The molecule has 2 rings (SSSR count). The summed E-state index contributed by atoms with van der Waals surface area (Å²) in [6.45, 7) is 5.93. The summed E-state index contributed by atoms with van der Waals surface area (Å²) in [7, 11) is 0. The van der Waals surface area contributed by atoms with Crippen LogP contribution in [0.25, 0.3) is 0 Å². The van der Waals surface area contributed by atoms with Crippen molar-refractivity contribution in [2.75, 3.05) is 13.1 Å². The highest BCUT2D eigenvalue weighted by atomic mass is 16.2. The van der Waals surface area contributed by atoms with Crippen molar-refractivity contribution in [2.24, 2.45) is 23.5 Å². The summed E-state index contributed by atoms with van der Waals surface area (Å²) in [5.41, 5.74) is 5.87. The highest BCUT2D eigenvalue weighted by molar-refractivity contribution is 5.79. The average molecular weight is 210 g/mol. The Labute approximate surface area is 92.0 Å². The third-order valence-corrected chi connectivity index (χ3v) is 4.00. The van der Waals surface area contributed by atoms with Crippen molar-refractivity contribution < 1.29 is 4.79 Å². The fraction of sp³-hybridized carbons (Fsp3) is 0.917. The van der Waals surface area contributed by atoms with Crippen molar-refractivity contribution in [1.82, 2.24) is 4.90 Å².